The standard InChI is InChI=1S/C17H23ClN4O2/c1-10-7-19-14(11(2)17(10)24-6)8-21(5)15(23)9-22-13(4)16(18)12(3)20-22/h7H,8-9H2,1-6H3. The minimum absolute atomic E-state index is 0.0574. The van der Waals surface area contributed by atoms with Gasteiger partial charge < -0.3 is 9.64 Å². The molecule has 2 heterocycles. The summed E-state index contributed by atoms with van der Waals surface area (Å²) < 4.78 is 7.05. The van der Waals surface area contributed by atoms with E-state index in [1.807, 2.05) is 27.7 Å². The van der Waals surface area contributed by atoms with Crippen molar-refractivity contribution in [3.63, 3.8) is 0 Å². The van der Waals surface area contributed by atoms with Crippen molar-refractivity contribution in [3.05, 3.63) is 39.4 Å². The van der Waals surface area contributed by atoms with Gasteiger partial charge in [-0.25, -0.2) is 0 Å². The smallest absolute Gasteiger partial charge is 0.244 e. The van der Waals surface area contributed by atoms with E-state index in [0.717, 1.165) is 34.0 Å². The fourth-order valence-corrected chi connectivity index (χ4v) is 2.76. The first kappa shape index (κ1) is 18.3. The Hall–Kier alpha value is -2.08. The SMILES string of the molecule is COc1c(C)cnc(CN(C)C(=O)Cn2nc(C)c(Cl)c2C)c1C. The average molecular weight is 351 g/mol. The van der Waals surface area contributed by atoms with E-state index in [4.69, 9.17) is 16.3 Å². The summed E-state index contributed by atoms with van der Waals surface area (Å²) in [7, 11) is 3.39. The second-order valence-electron chi connectivity index (χ2n) is 5.94. The Morgan fingerprint density at radius 3 is 2.54 bits per heavy atom. The maximum Gasteiger partial charge on any atom is 0.244 e. The number of pyridine rings is 1. The zero-order valence-corrected chi connectivity index (χ0v) is 15.7. The van der Waals surface area contributed by atoms with Crippen molar-refractivity contribution in [1.82, 2.24) is 19.7 Å². The van der Waals surface area contributed by atoms with Crippen LogP contribution in [0.5, 0.6) is 5.75 Å². The second kappa shape index (κ2) is 7.21. The molecule has 0 aliphatic rings. The number of amides is 1. The molecule has 0 unspecified atom stereocenters. The molecule has 6 nitrogen and oxygen atoms in total. The molecule has 1 amide bonds. The highest BCUT2D eigenvalue weighted by Crippen LogP contribution is 2.24. The van der Waals surface area contributed by atoms with Gasteiger partial charge in [0.1, 0.15) is 12.3 Å². The number of nitrogens with zero attached hydrogens (tertiary/aromatic N) is 4. The molecule has 0 saturated heterocycles. The largest absolute Gasteiger partial charge is 0.496 e. The number of methoxy groups -OCH3 is 1. The Balaban J connectivity index is 2.13. The monoisotopic (exact) mass is 350 g/mol. The van der Waals surface area contributed by atoms with E-state index < -0.39 is 0 Å². The van der Waals surface area contributed by atoms with Crippen molar-refractivity contribution < 1.29 is 9.53 Å². The number of halogens is 1. The van der Waals surface area contributed by atoms with E-state index in [1.54, 1.807) is 29.9 Å². The van der Waals surface area contributed by atoms with E-state index in [-0.39, 0.29) is 12.5 Å². The quantitative estimate of drug-likeness (QED) is 0.832. The van der Waals surface area contributed by atoms with Crippen molar-refractivity contribution in [2.45, 2.75) is 40.8 Å². The minimum atomic E-state index is -0.0574. The van der Waals surface area contributed by atoms with Crippen molar-refractivity contribution >= 4 is 17.5 Å². The fourth-order valence-electron chi connectivity index (χ4n) is 2.62. The molecule has 0 spiro atoms. The van der Waals surface area contributed by atoms with Gasteiger partial charge in [-0.2, -0.15) is 5.10 Å². The van der Waals surface area contributed by atoms with Crippen molar-refractivity contribution in [2.24, 2.45) is 0 Å². The molecule has 24 heavy (non-hydrogen) atoms. The van der Waals surface area contributed by atoms with Crippen LogP contribution in [0.1, 0.15) is 28.2 Å². The van der Waals surface area contributed by atoms with Gasteiger partial charge in [0, 0.05) is 24.4 Å². The Morgan fingerprint density at radius 1 is 1.33 bits per heavy atom. The van der Waals surface area contributed by atoms with Crippen molar-refractivity contribution in [2.75, 3.05) is 14.2 Å². The topological polar surface area (TPSA) is 60.2 Å². The first-order valence-electron chi connectivity index (χ1n) is 7.68. The van der Waals surface area contributed by atoms with E-state index in [9.17, 15) is 4.79 Å². The van der Waals surface area contributed by atoms with Gasteiger partial charge >= 0.3 is 0 Å². The van der Waals surface area contributed by atoms with Gasteiger partial charge in [-0.05, 0) is 27.7 Å². The number of likely N-dealkylation sites (N-methyl/N-ethyl adjacent to an activating group) is 1. The van der Waals surface area contributed by atoms with Crippen LogP contribution < -0.4 is 4.74 Å². The van der Waals surface area contributed by atoms with Crippen LogP contribution >= 0.6 is 11.6 Å². The normalized spacial score (nSPS) is 10.8. The number of hydrogen-bond acceptors (Lipinski definition) is 4. The first-order chi connectivity index (χ1) is 11.3. The third-order valence-corrected chi connectivity index (χ3v) is 4.69. The molecule has 0 atom stereocenters. The number of carbonyl (C=O) groups excluding carboxylic acids is 1. The van der Waals surface area contributed by atoms with Crippen LogP contribution in [-0.4, -0.2) is 39.7 Å². The lowest BCUT2D eigenvalue weighted by atomic mass is 10.1. The van der Waals surface area contributed by atoms with E-state index in [1.165, 1.54) is 0 Å². The molecule has 2 aromatic rings. The Bertz CT molecular complexity index is 770. The summed E-state index contributed by atoms with van der Waals surface area (Å²) in [6, 6.07) is 0. The average Bonchev–Trinajstić information content (AvgIpc) is 2.77. The molecule has 0 fully saturated rings. The molecule has 0 bridgehead atoms. The lowest BCUT2D eigenvalue weighted by Crippen LogP contribution is -2.31. The maximum absolute atomic E-state index is 12.5. The Kier molecular flexibility index (Phi) is 5.49. The van der Waals surface area contributed by atoms with Gasteiger partial charge in [-0.3, -0.25) is 14.5 Å². The molecule has 0 saturated carbocycles. The highest BCUT2D eigenvalue weighted by molar-refractivity contribution is 6.31. The van der Waals surface area contributed by atoms with Gasteiger partial charge in [0.2, 0.25) is 5.91 Å². The van der Waals surface area contributed by atoms with Gasteiger partial charge in [0.25, 0.3) is 0 Å². The molecule has 0 radical (unpaired) electrons. The number of ether oxygens (including phenoxy) is 1. The summed E-state index contributed by atoms with van der Waals surface area (Å²) in [4.78, 5) is 18.6. The Labute approximate surface area is 147 Å². The molecule has 0 N–H and O–H groups in total. The molecule has 130 valence electrons. The predicted molar refractivity (Wildman–Crippen MR) is 93.4 cm³/mol. The summed E-state index contributed by atoms with van der Waals surface area (Å²) in [5, 5.41) is 4.90. The number of aryl methyl sites for hydroxylation is 2. The third kappa shape index (κ3) is 3.53. The molecule has 0 aromatic carbocycles. The molecule has 0 aliphatic heterocycles. The highest BCUT2D eigenvalue weighted by Gasteiger charge is 2.17. The summed E-state index contributed by atoms with van der Waals surface area (Å²) in [5.41, 5.74) is 4.27. The molecular formula is C17H23ClN4O2. The zero-order valence-electron chi connectivity index (χ0n) is 15.0. The Morgan fingerprint density at radius 2 is 2.00 bits per heavy atom. The summed E-state index contributed by atoms with van der Waals surface area (Å²) in [6.07, 6.45) is 1.76. The van der Waals surface area contributed by atoms with E-state index in [0.29, 0.717) is 11.6 Å². The van der Waals surface area contributed by atoms with Crippen LogP contribution in [0.4, 0.5) is 0 Å². The second-order valence-corrected chi connectivity index (χ2v) is 6.32. The number of rotatable bonds is 5. The van der Waals surface area contributed by atoms with E-state index >= 15 is 0 Å². The summed E-state index contributed by atoms with van der Waals surface area (Å²) >= 11 is 6.13. The van der Waals surface area contributed by atoms with Crippen LogP contribution in [0.15, 0.2) is 6.20 Å². The number of aromatic nitrogens is 3. The maximum atomic E-state index is 12.5. The molecule has 7 heteroatoms. The molecule has 2 rings (SSSR count). The minimum Gasteiger partial charge on any atom is -0.496 e. The van der Waals surface area contributed by atoms with Crippen molar-refractivity contribution in [3.8, 4) is 5.75 Å². The fraction of sp³-hybridized carbons (Fsp3) is 0.471. The van der Waals surface area contributed by atoms with Crippen LogP contribution in [0.2, 0.25) is 5.02 Å². The van der Waals surface area contributed by atoms with Gasteiger partial charge in [0.15, 0.2) is 0 Å². The molecular weight excluding hydrogens is 328 g/mol. The third-order valence-electron chi connectivity index (χ3n) is 4.14. The summed E-state index contributed by atoms with van der Waals surface area (Å²) in [5.74, 6) is 0.754. The lowest BCUT2D eigenvalue weighted by Gasteiger charge is -2.19. The number of carbonyl (C=O) groups is 1. The van der Waals surface area contributed by atoms with Gasteiger partial charge in [-0.1, -0.05) is 11.6 Å². The lowest BCUT2D eigenvalue weighted by molar-refractivity contribution is -0.131. The van der Waals surface area contributed by atoms with Crippen LogP contribution in [0.25, 0.3) is 0 Å². The zero-order chi connectivity index (χ0) is 18.0. The molecule has 2 aromatic heterocycles. The van der Waals surface area contributed by atoms with Crippen LogP contribution in [0, 0.1) is 27.7 Å². The highest BCUT2D eigenvalue weighted by atomic mass is 35.5. The van der Waals surface area contributed by atoms with Crippen LogP contribution in [-0.2, 0) is 17.9 Å². The van der Waals surface area contributed by atoms with Crippen molar-refractivity contribution in [1.29, 1.82) is 0 Å². The van der Waals surface area contributed by atoms with E-state index in [2.05, 4.69) is 10.1 Å². The summed E-state index contributed by atoms with van der Waals surface area (Å²) in [6.45, 7) is 8.14. The van der Waals surface area contributed by atoms with Crippen LogP contribution in [0.3, 0.4) is 0 Å². The number of hydrogen-bond donors (Lipinski definition) is 0. The molecule has 0 aliphatic carbocycles. The first-order valence-corrected chi connectivity index (χ1v) is 8.06. The van der Waals surface area contributed by atoms with Gasteiger partial charge in [0.05, 0.1) is 35.8 Å². The van der Waals surface area contributed by atoms with Gasteiger partial charge in [-0.15, -0.1) is 0 Å². The predicted octanol–water partition coefficient (Wildman–Crippen LogP) is 2.83.